The van der Waals surface area contributed by atoms with Gasteiger partial charge in [0.25, 0.3) is 0 Å². The second-order valence-corrected chi connectivity index (χ2v) is 9.14. The highest BCUT2D eigenvalue weighted by Crippen LogP contribution is 2.36. The van der Waals surface area contributed by atoms with E-state index in [1.54, 1.807) is 39.9 Å². The van der Waals surface area contributed by atoms with Crippen LogP contribution in [0, 0.1) is 0 Å². The molecule has 5 aromatic rings. The summed E-state index contributed by atoms with van der Waals surface area (Å²) in [7, 11) is -0.414. The average Bonchev–Trinajstić information content (AvgIpc) is 3.48. The van der Waals surface area contributed by atoms with E-state index in [2.05, 4.69) is 30.1 Å². The van der Waals surface area contributed by atoms with E-state index >= 15 is 0 Å². The maximum Gasteiger partial charge on any atom is 0.500 e. The normalized spacial score (nSPS) is 15.6. The highest BCUT2D eigenvalue weighted by molar-refractivity contribution is 6.64. The summed E-state index contributed by atoms with van der Waals surface area (Å²) < 4.78 is 15.4. The van der Waals surface area contributed by atoms with Crippen LogP contribution in [0.4, 0.5) is 0 Å². The number of aromatic nitrogens is 8. The zero-order chi connectivity index (χ0) is 23.9. The van der Waals surface area contributed by atoms with Gasteiger partial charge in [-0.15, -0.1) is 0 Å². The highest BCUT2D eigenvalue weighted by atomic mass is 35.5. The number of rotatable bonds is 2. The Morgan fingerprint density at radius 3 is 2.03 bits per heavy atom. The van der Waals surface area contributed by atoms with Gasteiger partial charge in [0.1, 0.15) is 11.5 Å². The summed E-state index contributed by atoms with van der Waals surface area (Å²) in [6.07, 6.45) is 12.0. The molecule has 6 heterocycles. The number of halogens is 1. The van der Waals surface area contributed by atoms with Gasteiger partial charge in [-0.1, -0.05) is 26.5 Å². The van der Waals surface area contributed by atoms with E-state index in [1.807, 2.05) is 52.2 Å². The van der Waals surface area contributed by atoms with Crippen molar-refractivity contribution in [3.8, 4) is 11.3 Å². The maximum atomic E-state index is 6.00. The number of nitrogens with zero attached hydrogens (tertiary/aromatic N) is 8. The van der Waals surface area contributed by atoms with Crippen LogP contribution in [0.5, 0.6) is 0 Å². The van der Waals surface area contributed by atoms with Gasteiger partial charge < -0.3 is 9.31 Å². The van der Waals surface area contributed by atoms with E-state index in [0.717, 1.165) is 22.3 Å². The minimum Gasteiger partial charge on any atom is -0.399 e. The van der Waals surface area contributed by atoms with Crippen LogP contribution in [-0.4, -0.2) is 57.5 Å². The fourth-order valence-corrected chi connectivity index (χ4v) is 3.62. The topological polar surface area (TPSA) is 105 Å². The lowest BCUT2D eigenvalue weighted by atomic mass is 9.81. The van der Waals surface area contributed by atoms with Crippen molar-refractivity contribution in [3.05, 3.63) is 66.9 Å². The summed E-state index contributed by atoms with van der Waals surface area (Å²) in [5, 5.41) is 8.83. The summed E-state index contributed by atoms with van der Waals surface area (Å²) in [6.45, 7) is 8.14. The van der Waals surface area contributed by atoms with Gasteiger partial charge in [0.05, 0.1) is 34.9 Å². The van der Waals surface area contributed by atoms with Gasteiger partial charge in [-0.25, -0.2) is 29.0 Å². The molecule has 0 atom stereocenters. The summed E-state index contributed by atoms with van der Waals surface area (Å²) in [5.74, 6) is 0. The van der Waals surface area contributed by atoms with E-state index in [1.165, 1.54) is 6.33 Å². The van der Waals surface area contributed by atoms with Crippen LogP contribution < -0.4 is 5.46 Å². The summed E-state index contributed by atoms with van der Waals surface area (Å²) in [6, 6.07) is 5.35. The largest absolute Gasteiger partial charge is 0.500 e. The molecule has 5 aromatic heterocycles. The van der Waals surface area contributed by atoms with Crippen molar-refractivity contribution >= 4 is 35.5 Å². The van der Waals surface area contributed by atoms with Gasteiger partial charge in [-0.3, -0.25) is 0 Å². The molecular weight excluding hydrogens is 479 g/mol. The molecule has 0 amide bonds. The van der Waals surface area contributed by atoms with Crippen LogP contribution >= 0.6 is 11.6 Å². The minimum absolute atomic E-state index is 0. The molecule has 0 aliphatic carbocycles. The van der Waals surface area contributed by atoms with E-state index in [9.17, 15) is 0 Å². The molecule has 0 N–H and O–H groups in total. The first kappa shape index (κ1) is 27.2. The number of hydrogen-bond acceptors (Lipinski definition) is 8. The molecule has 1 aliphatic rings. The third-order valence-corrected chi connectivity index (χ3v) is 6.21. The quantitative estimate of drug-likeness (QED) is 0.259. The molecule has 0 saturated carbocycles. The molecule has 36 heavy (non-hydrogen) atoms. The zero-order valence-electron chi connectivity index (χ0n) is 19.1. The monoisotopic (exact) mass is 508 g/mol. The lowest BCUT2D eigenvalue weighted by molar-refractivity contribution is 0.00578. The third-order valence-electron chi connectivity index (χ3n) is 6.00. The Bertz CT molecular complexity index is 1450. The second kappa shape index (κ2) is 10.3. The fourth-order valence-electron chi connectivity index (χ4n) is 3.47. The Morgan fingerprint density at radius 1 is 0.806 bits per heavy atom. The molecule has 188 valence electrons. The fraction of sp³-hybridized carbons (Fsp3) is 0.333. The van der Waals surface area contributed by atoms with Crippen LogP contribution in [0.1, 0.15) is 42.5 Å². The van der Waals surface area contributed by atoms with Crippen molar-refractivity contribution in [1.82, 2.24) is 39.2 Å². The summed E-state index contributed by atoms with van der Waals surface area (Å²) >= 11 is 5.81. The Kier molecular flexibility index (Phi) is 7.78. The molecule has 0 unspecified atom stereocenters. The standard InChI is InChI=1S/C12H16BN3O2.C10H6ClN5.2CH4/c1-11(2)12(3,4)18-13(17-11)9-8-15-16-7-5-6-14-10(9)16;11-9-4-8(13-6-14-9)7-5-15-16-3-1-2-12-10(7)16;;/h5-8H,1-4H3;1-6H;2*1H4. The van der Waals surface area contributed by atoms with Crippen LogP contribution in [0.2, 0.25) is 5.15 Å². The molecule has 6 rings (SSSR count). The SMILES string of the molecule is C.C.CC1(C)OB(c2cnn3cccnc23)OC1(C)C.Clc1cc(-c2cnn3cccnc23)ncn1. The first-order chi connectivity index (χ1) is 16.2. The van der Waals surface area contributed by atoms with E-state index < -0.39 is 7.12 Å². The third kappa shape index (κ3) is 4.95. The molecule has 1 aliphatic heterocycles. The van der Waals surface area contributed by atoms with E-state index in [-0.39, 0.29) is 26.1 Å². The first-order valence-electron chi connectivity index (χ1n) is 10.7. The molecule has 0 bridgehead atoms. The lowest BCUT2D eigenvalue weighted by Gasteiger charge is -2.32. The molecular formula is C24H30BClN8O2. The van der Waals surface area contributed by atoms with Gasteiger partial charge in [0, 0.05) is 36.3 Å². The van der Waals surface area contributed by atoms with Crippen molar-refractivity contribution in [3.63, 3.8) is 0 Å². The maximum absolute atomic E-state index is 6.00. The Morgan fingerprint density at radius 2 is 1.39 bits per heavy atom. The van der Waals surface area contributed by atoms with Gasteiger partial charge in [0.15, 0.2) is 11.3 Å². The number of fused-ring (bicyclic) bond motifs is 2. The van der Waals surface area contributed by atoms with Crippen molar-refractivity contribution in [1.29, 1.82) is 0 Å². The van der Waals surface area contributed by atoms with Gasteiger partial charge in [-0.2, -0.15) is 10.2 Å². The predicted octanol–water partition coefficient (Wildman–Crippen LogP) is 4.14. The van der Waals surface area contributed by atoms with Crippen molar-refractivity contribution in [2.24, 2.45) is 0 Å². The van der Waals surface area contributed by atoms with Gasteiger partial charge >= 0.3 is 7.12 Å². The molecule has 1 saturated heterocycles. The van der Waals surface area contributed by atoms with Crippen LogP contribution in [0.15, 0.2) is 61.7 Å². The van der Waals surface area contributed by atoms with Crippen molar-refractivity contribution < 1.29 is 9.31 Å². The lowest BCUT2D eigenvalue weighted by Crippen LogP contribution is -2.41. The van der Waals surface area contributed by atoms with E-state index in [4.69, 9.17) is 20.9 Å². The molecule has 0 radical (unpaired) electrons. The van der Waals surface area contributed by atoms with Crippen LogP contribution in [0.3, 0.4) is 0 Å². The smallest absolute Gasteiger partial charge is 0.399 e. The van der Waals surface area contributed by atoms with Crippen molar-refractivity contribution in [2.75, 3.05) is 0 Å². The molecule has 1 fully saturated rings. The zero-order valence-corrected chi connectivity index (χ0v) is 19.9. The predicted molar refractivity (Wildman–Crippen MR) is 141 cm³/mol. The molecule has 0 spiro atoms. The molecule has 12 heteroatoms. The Balaban J connectivity index is 0.000000191. The average molecular weight is 509 g/mol. The van der Waals surface area contributed by atoms with Gasteiger partial charge in [0.2, 0.25) is 0 Å². The van der Waals surface area contributed by atoms with E-state index in [0.29, 0.717) is 10.8 Å². The number of hydrogen-bond donors (Lipinski definition) is 0. The van der Waals surface area contributed by atoms with Crippen molar-refractivity contribution in [2.45, 2.75) is 53.8 Å². The second-order valence-electron chi connectivity index (χ2n) is 8.75. The van der Waals surface area contributed by atoms with Crippen LogP contribution in [-0.2, 0) is 9.31 Å². The van der Waals surface area contributed by atoms with Crippen LogP contribution in [0.25, 0.3) is 22.6 Å². The van der Waals surface area contributed by atoms with Gasteiger partial charge in [-0.05, 0) is 39.8 Å². The summed E-state index contributed by atoms with van der Waals surface area (Å²) in [4.78, 5) is 16.5. The summed E-state index contributed by atoms with van der Waals surface area (Å²) in [5.41, 5.74) is 3.25. The molecule has 0 aromatic carbocycles. The highest BCUT2D eigenvalue weighted by Gasteiger charge is 2.52. The Hall–Kier alpha value is -3.41. The Labute approximate surface area is 215 Å². The molecule has 10 nitrogen and oxygen atoms in total. The first-order valence-corrected chi connectivity index (χ1v) is 11.0. The minimum atomic E-state index is -0.414.